The van der Waals surface area contributed by atoms with Crippen LogP contribution in [0, 0.1) is 6.92 Å². The molecule has 0 aromatic heterocycles. The van der Waals surface area contributed by atoms with Crippen LogP contribution >= 0.6 is 0 Å². The van der Waals surface area contributed by atoms with Gasteiger partial charge in [-0.05, 0) is 36.8 Å². The summed E-state index contributed by atoms with van der Waals surface area (Å²) in [4.78, 5) is 11.9. The minimum absolute atomic E-state index is 0.261. The summed E-state index contributed by atoms with van der Waals surface area (Å²) in [5.41, 5.74) is 3.68. The zero-order chi connectivity index (χ0) is 14.4. The first kappa shape index (κ1) is 14.1. The number of aryl methyl sites for hydroxylation is 1. The summed E-state index contributed by atoms with van der Waals surface area (Å²) in [6, 6.07) is 15.0. The molecule has 104 valence electrons. The summed E-state index contributed by atoms with van der Waals surface area (Å²) in [5.74, 6) is 0. The van der Waals surface area contributed by atoms with Gasteiger partial charge in [0.05, 0.1) is 6.61 Å². The summed E-state index contributed by atoms with van der Waals surface area (Å²) in [6.07, 6.45) is 0. The quantitative estimate of drug-likeness (QED) is 0.888. The highest BCUT2D eigenvalue weighted by Crippen LogP contribution is 2.13. The van der Waals surface area contributed by atoms with Crippen molar-refractivity contribution in [2.75, 3.05) is 17.7 Å². The second kappa shape index (κ2) is 6.73. The molecule has 2 aromatic carbocycles. The second-order valence-electron chi connectivity index (χ2n) is 4.58. The maximum atomic E-state index is 11.9. The zero-order valence-corrected chi connectivity index (χ0v) is 11.6. The van der Waals surface area contributed by atoms with Crippen LogP contribution in [0.3, 0.4) is 0 Å². The summed E-state index contributed by atoms with van der Waals surface area (Å²) >= 11 is 0. The average Bonchev–Trinajstić information content (AvgIpc) is 2.42. The molecule has 0 spiro atoms. The van der Waals surface area contributed by atoms with Crippen molar-refractivity contribution in [1.82, 2.24) is 0 Å². The van der Waals surface area contributed by atoms with Gasteiger partial charge in [0, 0.05) is 18.5 Å². The zero-order valence-electron chi connectivity index (χ0n) is 11.6. The van der Waals surface area contributed by atoms with Gasteiger partial charge in [0.2, 0.25) is 0 Å². The van der Waals surface area contributed by atoms with Crippen LogP contribution in [-0.2, 0) is 11.3 Å². The molecule has 2 N–H and O–H groups in total. The Morgan fingerprint density at radius 2 is 1.75 bits per heavy atom. The van der Waals surface area contributed by atoms with Gasteiger partial charge in [-0.15, -0.1) is 0 Å². The summed E-state index contributed by atoms with van der Waals surface area (Å²) < 4.78 is 5.07. The van der Waals surface area contributed by atoms with E-state index in [1.807, 2.05) is 55.5 Å². The minimum atomic E-state index is -0.261. The molecule has 0 aliphatic carbocycles. The van der Waals surface area contributed by atoms with E-state index in [2.05, 4.69) is 10.6 Å². The Kier molecular flexibility index (Phi) is 4.74. The molecule has 0 heterocycles. The van der Waals surface area contributed by atoms with Crippen molar-refractivity contribution in [3.05, 3.63) is 59.7 Å². The van der Waals surface area contributed by atoms with E-state index in [-0.39, 0.29) is 6.03 Å². The van der Waals surface area contributed by atoms with Gasteiger partial charge in [0.1, 0.15) is 0 Å². The van der Waals surface area contributed by atoms with Crippen molar-refractivity contribution in [2.24, 2.45) is 0 Å². The van der Waals surface area contributed by atoms with Crippen molar-refractivity contribution in [3.63, 3.8) is 0 Å². The van der Waals surface area contributed by atoms with Gasteiger partial charge in [0.25, 0.3) is 0 Å². The van der Waals surface area contributed by atoms with Crippen LogP contribution in [0.4, 0.5) is 16.2 Å². The average molecular weight is 270 g/mol. The highest BCUT2D eigenvalue weighted by molar-refractivity contribution is 5.99. The molecule has 2 amide bonds. The van der Waals surface area contributed by atoms with Crippen LogP contribution in [0.2, 0.25) is 0 Å². The molecule has 0 radical (unpaired) electrons. The fraction of sp³-hybridized carbons (Fsp3) is 0.188. The third-order valence-corrected chi connectivity index (χ3v) is 2.81. The smallest absolute Gasteiger partial charge is 0.323 e. The van der Waals surface area contributed by atoms with E-state index < -0.39 is 0 Å². The Bertz CT molecular complexity index is 579. The monoisotopic (exact) mass is 270 g/mol. The van der Waals surface area contributed by atoms with Gasteiger partial charge >= 0.3 is 6.03 Å². The van der Waals surface area contributed by atoms with Crippen LogP contribution < -0.4 is 10.6 Å². The third-order valence-electron chi connectivity index (χ3n) is 2.81. The van der Waals surface area contributed by atoms with E-state index in [4.69, 9.17) is 4.74 Å². The number of amides is 2. The molecule has 0 saturated heterocycles. The Labute approximate surface area is 118 Å². The fourth-order valence-electron chi connectivity index (χ4n) is 1.84. The van der Waals surface area contributed by atoms with E-state index in [0.29, 0.717) is 6.61 Å². The first-order chi connectivity index (χ1) is 9.67. The number of hydrogen-bond acceptors (Lipinski definition) is 2. The molecule has 0 saturated carbocycles. The predicted molar refractivity (Wildman–Crippen MR) is 81.0 cm³/mol. The van der Waals surface area contributed by atoms with E-state index in [9.17, 15) is 4.79 Å². The lowest BCUT2D eigenvalue weighted by atomic mass is 10.2. The first-order valence-electron chi connectivity index (χ1n) is 6.40. The number of nitrogens with one attached hydrogen (secondary N) is 2. The molecule has 0 atom stereocenters. The van der Waals surface area contributed by atoms with Crippen molar-refractivity contribution < 1.29 is 9.53 Å². The first-order valence-corrected chi connectivity index (χ1v) is 6.40. The summed E-state index contributed by atoms with van der Waals surface area (Å²) in [7, 11) is 1.64. The van der Waals surface area contributed by atoms with Gasteiger partial charge in [-0.1, -0.05) is 29.8 Å². The number of anilines is 2. The van der Waals surface area contributed by atoms with Crippen LogP contribution in [-0.4, -0.2) is 13.1 Å². The van der Waals surface area contributed by atoms with E-state index in [1.54, 1.807) is 7.11 Å². The molecule has 2 aromatic rings. The number of hydrogen-bond donors (Lipinski definition) is 2. The van der Waals surface area contributed by atoms with Crippen LogP contribution in [0.1, 0.15) is 11.1 Å². The number of rotatable bonds is 4. The predicted octanol–water partition coefficient (Wildman–Crippen LogP) is 3.79. The second-order valence-corrected chi connectivity index (χ2v) is 4.58. The molecule has 4 nitrogen and oxygen atoms in total. The maximum absolute atomic E-state index is 11.9. The number of urea groups is 1. The molecular weight excluding hydrogens is 252 g/mol. The van der Waals surface area contributed by atoms with Crippen molar-refractivity contribution in [2.45, 2.75) is 13.5 Å². The lowest BCUT2D eigenvalue weighted by molar-refractivity contribution is 0.185. The molecule has 0 unspecified atom stereocenters. The van der Waals surface area contributed by atoms with E-state index in [0.717, 1.165) is 22.5 Å². The highest BCUT2D eigenvalue weighted by atomic mass is 16.5. The Hall–Kier alpha value is -2.33. The van der Waals surface area contributed by atoms with Gasteiger partial charge in [-0.3, -0.25) is 0 Å². The Balaban J connectivity index is 1.97. The van der Waals surface area contributed by atoms with Gasteiger partial charge in [-0.25, -0.2) is 4.79 Å². The van der Waals surface area contributed by atoms with Crippen LogP contribution in [0.25, 0.3) is 0 Å². The van der Waals surface area contributed by atoms with E-state index >= 15 is 0 Å². The number of carbonyl (C=O) groups excluding carboxylic acids is 1. The van der Waals surface area contributed by atoms with Crippen molar-refractivity contribution in [3.8, 4) is 0 Å². The molecule has 0 bridgehead atoms. The molecular formula is C16H18N2O2. The number of methoxy groups -OCH3 is 1. The molecule has 4 heteroatoms. The molecule has 0 aliphatic heterocycles. The topological polar surface area (TPSA) is 50.4 Å². The lowest BCUT2D eigenvalue weighted by Crippen LogP contribution is -2.19. The van der Waals surface area contributed by atoms with Gasteiger partial charge in [-0.2, -0.15) is 0 Å². The molecule has 2 rings (SSSR count). The standard InChI is InChI=1S/C16H18N2O2/c1-12-6-8-14(9-7-12)17-16(19)18-15-5-3-4-13(10-15)11-20-2/h3-10H,11H2,1-2H3,(H2,17,18,19). The lowest BCUT2D eigenvalue weighted by Gasteiger charge is -2.09. The van der Waals surface area contributed by atoms with Crippen LogP contribution in [0.5, 0.6) is 0 Å². The highest BCUT2D eigenvalue weighted by Gasteiger charge is 2.03. The fourth-order valence-corrected chi connectivity index (χ4v) is 1.84. The number of ether oxygens (including phenoxy) is 1. The normalized spacial score (nSPS) is 10.1. The largest absolute Gasteiger partial charge is 0.380 e. The molecule has 0 aliphatic rings. The Morgan fingerprint density at radius 1 is 1.05 bits per heavy atom. The van der Waals surface area contributed by atoms with Crippen molar-refractivity contribution in [1.29, 1.82) is 0 Å². The van der Waals surface area contributed by atoms with Gasteiger partial charge < -0.3 is 15.4 Å². The van der Waals surface area contributed by atoms with E-state index in [1.165, 1.54) is 0 Å². The maximum Gasteiger partial charge on any atom is 0.323 e. The minimum Gasteiger partial charge on any atom is -0.380 e. The summed E-state index contributed by atoms with van der Waals surface area (Å²) in [5, 5.41) is 5.59. The SMILES string of the molecule is COCc1cccc(NC(=O)Nc2ccc(C)cc2)c1. The van der Waals surface area contributed by atoms with Crippen molar-refractivity contribution >= 4 is 17.4 Å². The van der Waals surface area contributed by atoms with Crippen LogP contribution in [0.15, 0.2) is 48.5 Å². The van der Waals surface area contributed by atoms with Gasteiger partial charge in [0.15, 0.2) is 0 Å². The molecule has 0 fully saturated rings. The summed E-state index contributed by atoms with van der Waals surface area (Å²) in [6.45, 7) is 2.53. The third kappa shape index (κ3) is 4.10. The Morgan fingerprint density at radius 3 is 2.45 bits per heavy atom. The molecule has 20 heavy (non-hydrogen) atoms. The number of benzene rings is 2. The number of carbonyl (C=O) groups is 1.